The number of carbonyl (C=O) groups excluding carboxylic acids is 2. The van der Waals surface area contributed by atoms with E-state index in [-0.39, 0.29) is 12.6 Å². The van der Waals surface area contributed by atoms with Crippen LogP contribution >= 0.6 is 0 Å². The summed E-state index contributed by atoms with van der Waals surface area (Å²) in [5.41, 5.74) is 0. The van der Waals surface area contributed by atoms with Crippen molar-refractivity contribution in [3.05, 3.63) is 0 Å². The average molecular weight is 461 g/mol. The van der Waals surface area contributed by atoms with Crippen LogP contribution < -0.4 is 0 Å². The Labute approximate surface area is 209 Å². The second-order valence-electron chi connectivity index (χ2n) is 6.56. The fraction of sp³-hybridized carbons (Fsp3) is 0.355. The normalized spacial score (nSPS) is 8.03. The van der Waals surface area contributed by atoms with Crippen molar-refractivity contribution in [3.63, 3.8) is 0 Å². The Morgan fingerprint density at radius 3 is 1.66 bits per heavy atom. The van der Waals surface area contributed by atoms with Crippen molar-refractivity contribution in [1.29, 1.82) is 0 Å². The van der Waals surface area contributed by atoms with Gasteiger partial charge < -0.3 is 9.47 Å². The largest absolute Gasteiger partial charge is 0.462 e. The van der Waals surface area contributed by atoms with Gasteiger partial charge in [-0.1, -0.05) is 39.0 Å². The zero-order valence-corrected chi connectivity index (χ0v) is 19.9. The SMILES string of the molecule is C#CC#CC#CC#CC#CC#CC#CC#CC#CC(=O)OC(C)COC(=O)CCCCCCCC. The van der Waals surface area contributed by atoms with Gasteiger partial charge in [0.15, 0.2) is 0 Å². The number of carbonyl (C=O) groups is 2. The molecule has 0 radical (unpaired) electrons. The lowest BCUT2D eigenvalue weighted by molar-refractivity contribution is -0.154. The zero-order valence-electron chi connectivity index (χ0n) is 19.9. The van der Waals surface area contributed by atoms with Gasteiger partial charge in [-0.15, -0.1) is 6.42 Å². The monoisotopic (exact) mass is 460 g/mol. The lowest BCUT2D eigenvalue weighted by Crippen LogP contribution is -2.21. The Morgan fingerprint density at radius 2 is 1.14 bits per heavy atom. The molecule has 0 bridgehead atoms. The third kappa shape index (κ3) is 23.5. The molecule has 0 heterocycles. The maximum Gasteiger partial charge on any atom is 0.385 e. The predicted octanol–water partition coefficient (Wildman–Crippen LogP) is 2.87. The van der Waals surface area contributed by atoms with E-state index >= 15 is 0 Å². The third-order valence-electron chi connectivity index (χ3n) is 3.63. The number of hydrogen-bond donors (Lipinski definition) is 0. The highest BCUT2D eigenvalue weighted by molar-refractivity contribution is 5.89. The van der Waals surface area contributed by atoms with Gasteiger partial charge in [0.25, 0.3) is 0 Å². The van der Waals surface area contributed by atoms with Crippen LogP contribution in [0.5, 0.6) is 0 Å². The number of hydrogen-bond acceptors (Lipinski definition) is 4. The maximum absolute atomic E-state index is 11.7. The maximum atomic E-state index is 11.7. The quantitative estimate of drug-likeness (QED) is 0.218. The molecule has 0 saturated carbocycles. The van der Waals surface area contributed by atoms with E-state index in [9.17, 15) is 9.59 Å². The van der Waals surface area contributed by atoms with Crippen LogP contribution in [0, 0.1) is 107 Å². The van der Waals surface area contributed by atoms with E-state index < -0.39 is 12.1 Å². The lowest BCUT2D eigenvalue weighted by Gasteiger charge is -2.11. The van der Waals surface area contributed by atoms with Gasteiger partial charge in [-0.3, -0.25) is 4.79 Å². The molecule has 0 amide bonds. The summed E-state index contributed by atoms with van der Waals surface area (Å²) in [7, 11) is 0. The molecule has 1 atom stereocenters. The van der Waals surface area contributed by atoms with Gasteiger partial charge in [-0.25, -0.2) is 4.79 Å². The van der Waals surface area contributed by atoms with Gasteiger partial charge in [0.2, 0.25) is 0 Å². The Bertz CT molecular complexity index is 1260. The second-order valence-corrected chi connectivity index (χ2v) is 6.56. The van der Waals surface area contributed by atoms with Crippen molar-refractivity contribution in [3.8, 4) is 107 Å². The molecule has 0 saturated heterocycles. The summed E-state index contributed by atoms with van der Waals surface area (Å²) in [4.78, 5) is 23.3. The van der Waals surface area contributed by atoms with E-state index in [1.807, 2.05) is 0 Å². The summed E-state index contributed by atoms with van der Waals surface area (Å²) in [6, 6.07) is 0. The fourth-order valence-corrected chi connectivity index (χ4v) is 2.10. The minimum absolute atomic E-state index is 0.0129. The molecule has 4 nitrogen and oxygen atoms in total. The molecule has 0 N–H and O–H groups in total. The first-order valence-corrected chi connectivity index (χ1v) is 10.9. The summed E-state index contributed by atoms with van der Waals surface area (Å²) in [6.45, 7) is 3.76. The zero-order chi connectivity index (χ0) is 25.8. The van der Waals surface area contributed by atoms with E-state index in [0.717, 1.165) is 19.3 Å². The van der Waals surface area contributed by atoms with Crippen LogP contribution in [0.2, 0.25) is 0 Å². The first-order chi connectivity index (χ1) is 17.1. The molecule has 0 aliphatic heterocycles. The highest BCUT2D eigenvalue weighted by atomic mass is 16.6. The van der Waals surface area contributed by atoms with Gasteiger partial charge in [-0.05, 0) is 108 Å². The van der Waals surface area contributed by atoms with E-state index in [2.05, 4.69) is 108 Å². The van der Waals surface area contributed by atoms with Crippen molar-refractivity contribution in [2.24, 2.45) is 0 Å². The van der Waals surface area contributed by atoms with Crippen molar-refractivity contribution in [1.82, 2.24) is 0 Å². The predicted molar refractivity (Wildman–Crippen MR) is 136 cm³/mol. The first-order valence-electron chi connectivity index (χ1n) is 10.9. The minimum atomic E-state index is -0.768. The number of unbranched alkanes of at least 4 members (excludes halogenated alkanes) is 5. The number of ether oxygens (including phenoxy) is 2. The molecule has 0 aromatic carbocycles. The van der Waals surface area contributed by atoms with Gasteiger partial charge >= 0.3 is 11.9 Å². The van der Waals surface area contributed by atoms with Crippen LogP contribution in [0.1, 0.15) is 58.8 Å². The Kier molecular flexibility index (Phi) is 20.2. The Hall–Kier alpha value is -5.02. The van der Waals surface area contributed by atoms with Crippen LogP contribution in [-0.4, -0.2) is 24.6 Å². The second kappa shape index (κ2) is 23.6. The highest BCUT2D eigenvalue weighted by Gasteiger charge is 2.10. The van der Waals surface area contributed by atoms with Crippen molar-refractivity contribution < 1.29 is 19.1 Å². The van der Waals surface area contributed by atoms with E-state index in [1.54, 1.807) is 6.92 Å². The Morgan fingerprint density at radius 1 is 0.686 bits per heavy atom. The molecular weight excluding hydrogens is 436 g/mol. The van der Waals surface area contributed by atoms with E-state index in [4.69, 9.17) is 15.9 Å². The van der Waals surface area contributed by atoms with Crippen LogP contribution in [0.15, 0.2) is 0 Å². The van der Waals surface area contributed by atoms with Gasteiger partial charge in [0.1, 0.15) is 12.7 Å². The van der Waals surface area contributed by atoms with Gasteiger partial charge in [0.05, 0.1) is 0 Å². The summed E-state index contributed by atoms with van der Waals surface area (Å²) < 4.78 is 10.1. The molecule has 0 aliphatic carbocycles. The van der Waals surface area contributed by atoms with Crippen LogP contribution in [0.4, 0.5) is 0 Å². The van der Waals surface area contributed by atoms with E-state index in [1.165, 1.54) is 19.3 Å². The Balaban J connectivity index is 4.21. The molecule has 0 aliphatic rings. The molecule has 0 aromatic rings. The highest BCUT2D eigenvalue weighted by Crippen LogP contribution is 2.07. The first kappa shape index (κ1) is 30.0. The summed E-state index contributed by atoms with van der Waals surface area (Å²) >= 11 is 0. The van der Waals surface area contributed by atoms with Gasteiger partial charge in [0, 0.05) is 12.3 Å². The molecule has 172 valence electrons. The molecular formula is C31H24O4. The average Bonchev–Trinajstić information content (AvgIpc) is 2.84. The van der Waals surface area contributed by atoms with Crippen LogP contribution in [0.3, 0.4) is 0 Å². The van der Waals surface area contributed by atoms with Crippen LogP contribution in [0.25, 0.3) is 0 Å². The molecule has 0 aromatic heterocycles. The number of terminal acetylenes is 1. The lowest BCUT2D eigenvalue weighted by atomic mass is 10.1. The molecule has 0 rings (SSSR count). The molecule has 0 spiro atoms. The summed E-state index contributed by atoms with van der Waals surface area (Å²) in [5, 5.41) is 0. The summed E-state index contributed by atoms with van der Waals surface area (Å²) in [6.07, 6.45) is 11.2. The van der Waals surface area contributed by atoms with E-state index in [0.29, 0.717) is 6.42 Å². The van der Waals surface area contributed by atoms with Crippen molar-refractivity contribution in [2.45, 2.75) is 64.9 Å². The van der Waals surface area contributed by atoms with Crippen molar-refractivity contribution >= 4 is 11.9 Å². The topological polar surface area (TPSA) is 52.6 Å². The molecule has 4 heteroatoms. The smallest absolute Gasteiger partial charge is 0.385 e. The molecule has 1 unspecified atom stereocenters. The number of esters is 2. The fourth-order valence-electron chi connectivity index (χ4n) is 2.10. The van der Waals surface area contributed by atoms with Gasteiger partial charge in [-0.2, -0.15) is 0 Å². The minimum Gasteiger partial charge on any atom is -0.462 e. The summed E-state index contributed by atoms with van der Waals surface area (Å²) in [5.74, 6) is 39.7. The van der Waals surface area contributed by atoms with Crippen molar-refractivity contribution in [2.75, 3.05) is 6.61 Å². The molecule has 0 fully saturated rings. The third-order valence-corrected chi connectivity index (χ3v) is 3.63. The number of rotatable bonds is 10. The molecule has 35 heavy (non-hydrogen) atoms. The standard InChI is InChI=1S/C31H24O4/c1-4-6-8-10-12-13-14-15-16-17-18-19-20-21-23-25-27-31(33)35-29(3)28-34-30(32)26-24-22-11-9-7-5-2/h1,29H,5,7,9,11,22,24,26,28H2,2-3H3. The van der Waals surface area contributed by atoms with Crippen LogP contribution in [-0.2, 0) is 19.1 Å².